The number of hydrogen-bond acceptors (Lipinski definition) is 0. The molecule has 8 aromatic carbocycles. The van der Waals surface area contributed by atoms with Crippen LogP contribution in [0.5, 0.6) is 0 Å². The van der Waals surface area contributed by atoms with E-state index in [1.807, 2.05) is 0 Å². The molecule has 0 N–H and O–H groups in total. The zero-order chi connectivity index (χ0) is 33.5. The molecule has 0 saturated heterocycles. The average molecular weight is 714 g/mol. The molecule has 0 fully saturated rings. The zero-order valence-corrected chi connectivity index (χ0v) is 29.3. The molecule has 11 aromatic rings. The molecule has 0 unspecified atom stereocenters. The quantitative estimate of drug-likeness (QED) is 0.161. The first-order valence-corrected chi connectivity index (χ1v) is 19.2. The third-order valence-electron chi connectivity index (χ3n) is 10.5. The van der Waals surface area contributed by atoms with E-state index >= 15 is 0 Å². The summed E-state index contributed by atoms with van der Waals surface area (Å²) in [6.07, 6.45) is 0. The van der Waals surface area contributed by atoms with Gasteiger partial charge >= 0.3 is 302 Å². The van der Waals surface area contributed by atoms with E-state index < -0.39 is 0 Å². The van der Waals surface area contributed by atoms with Crippen LogP contribution in [0.3, 0.4) is 0 Å². The first-order valence-electron chi connectivity index (χ1n) is 17.4. The topological polar surface area (TPSA) is 9.86 Å². The number of benzene rings is 8. The second-order valence-electron chi connectivity index (χ2n) is 13.3. The number of rotatable bonds is 4. The van der Waals surface area contributed by atoms with Gasteiger partial charge in [-0.15, -0.1) is 0 Å². The van der Waals surface area contributed by atoms with Gasteiger partial charge in [-0.1, -0.05) is 0 Å². The monoisotopic (exact) mass is 714 g/mol. The SMILES string of the molecule is c1ccc(-c2ccc(-c3cccc4[se]c5cccc(-n6c7ccccc7c7ccc(-n8c9ccccc9c9ccccc98)cc76)c5c34)cc2)cc1. The fraction of sp³-hybridized carbons (Fsp3) is 0. The van der Waals surface area contributed by atoms with E-state index in [9.17, 15) is 0 Å². The van der Waals surface area contributed by atoms with E-state index in [1.54, 1.807) is 0 Å². The molecule has 0 aliphatic heterocycles. The van der Waals surface area contributed by atoms with Crippen LogP contribution < -0.4 is 0 Å². The molecule has 0 radical (unpaired) electrons. The molecule has 2 nitrogen and oxygen atoms in total. The van der Waals surface area contributed by atoms with Gasteiger partial charge in [0.05, 0.1) is 0 Å². The molecule has 3 heteroatoms. The van der Waals surface area contributed by atoms with Crippen molar-refractivity contribution in [2.24, 2.45) is 0 Å². The van der Waals surface area contributed by atoms with Crippen LogP contribution in [0.25, 0.3) is 96.5 Å². The van der Waals surface area contributed by atoms with Crippen LogP contribution in [-0.4, -0.2) is 23.6 Å². The standard InChI is InChI=1S/C48H30N2Se/c1-2-12-31(13-3-1)32-24-26-33(27-25-32)35-17-10-22-45-47(35)48-43(21-11-23-46(48)51-45)50-42-20-9-6-16-38(42)39-29-28-34(30-44(39)50)49-40-18-7-4-14-36(40)37-15-5-8-19-41(37)49/h1-30H. The van der Waals surface area contributed by atoms with Crippen LogP contribution >= 0.6 is 0 Å². The molecule has 11 rings (SSSR count). The number of nitrogens with zero attached hydrogens (tertiary/aromatic N) is 2. The molecule has 0 aliphatic carbocycles. The Morgan fingerprint density at radius 2 is 0.863 bits per heavy atom. The molecule has 0 amide bonds. The first kappa shape index (κ1) is 28.7. The molecule has 3 heterocycles. The van der Waals surface area contributed by atoms with E-state index in [-0.39, 0.29) is 14.5 Å². The van der Waals surface area contributed by atoms with Gasteiger partial charge in [-0.2, -0.15) is 0 Å². The van der Waals surface area contributed by atoms with Gasteiger partial charge in [0.25, 0.3) is 0 Å². The van der Waals surface area contributed by atoms with E-state index in [0.717, 1.165) is 0 Å². The summed E-state index contributed by atoms with van der Waals surface area (Å²) in [5.74, 6) is 0. The van der Waals surface area contributed by atoms with Gasteiger partial charge in [0.1, 0.15) is 0 Å². The molecule has 3 aromatic heterocycles. The van der Waals surface area contributed by atoms with Gasteiger partial charge in [-0.3, -0.25) is 0 Å². The van der Waals surface area contributed by atoms with Crippen molar-refractivity contribution in [3.05, 3.63) is 182 Å². The summed E-state index contributed by atoms with van der Waals surface area (Å²) in [6, 6.07) is 67.0. The second-order valence-corrected chi connectivity index (χ2v) is 15.6. The van der Waals surface area contributed by atoms with Gasteiger partial charge in [0.2, 0.25) is 0 Å². The Hall–Kier alpha value is -6.12. The Morgan fingerprint density at radius 3 is 1.55 bits per heavy atom. The van der Waals surface area contributed by atoms with Crippen LogP contribution in [0.1, 0.15) is 0 Å². The fourth-order valence-corrected chi connectivity index (χ4v) is 10.7. The molecule has 0 spiro atoms. The second kappa shape index (κ2) is 11.2. The van der Waals surface area contributed by atoms with Crippen LogP contribution in [0, 0.1) is 0 Å². The van der Waals surface area contributed by atoms with E-state index in [1.165, 1.54) is 96.5 Å². The number of fused-ring (bicyclic) bond motifs is 9. The summed E-state index contributed by atoms with van der Waals surface area (Å²) in [7, 11) is 0. The summed E-state index contributed by atoms with van der Waals surface area (Å²) in [5.41, 5.74) is 12.3. The van der Waals surface area contributed by atoms with Gasteiger partial charge in [0, 0.05) is 0 Å². The zero-order valence-electron chi connectivity index (χ0n) is 27.6. The van der Waals surface area contributed by atoms with Crippen molar-refractivity contribution in [1.82, 2.24) is 9.13 Å². The number of aromatic nitrogens is 2. The van der Waals surface area contributed by atoms with Crippen molar-refractivity contribution in [2.75, 3.05) is 0 Å². The van der Waals surface area contributed by atoms with Gasteiger partial charge < -0.3 is 0 Å². The number of para-hydroxylation sites is 3. The van der Waals surface area contributed by atoms with Crippen molar-refractivity contribution >= 4 is 77.4 Å². The molecular weight excluding hydrogens is 684 g/mol. The van der Waals surface area contributed by atoms with Crippen LogP contribution in [0.15, 0.2) is 182 Å². The predicted molar refractivity (Wildman–Crippen MR) is 218 cm³/mol. The van der Waals surface area contributed by atoms with Gasteiger partial charge in [-0.25, -0.2) is 0 Å². The van der Waals surface area contributed by atoms with Crippen LogP contribution in [0.2, 0.25) is 0 Å². The van der Waals surface area contributed by atoms with E-state index in [0.29, 0.717) is 0 Å². The molecule has 0 atom stereocenters. The Kier molecular flexibility index (Phi) is 6.30. The van der Waals surface area contributed by atoms with E-state index in [4.69, 9.17) is 0 Å². The minimum absolute atomic E-state index is 0.216. The fourth-order valence-electron chi connectivity index (χ4n) is 8.31. The van der Waals surface area contributed by atoms with Gasteiger partial charge in [-0.05, 0) is 0 Å². The minimum atomic E-state index is 0.216. The molecule has 0 aliphatic rings. The number of hydrogen-bond donors (Lipinski definition) is 0. The normalized spacial score (nSPS) is 11.9. The summed E-state index contributed by atoms with van der Waals surface area (Å²) < 4.78 is 7.84. The predicted octanol–water partition coefficient (Wildman–Crippen LogP) is 12.6. The Bertz CT molecular complexity index is 3070. The Balaban J connectivity index is 1.19. The van der Waals surface area contributed by atoms with Crippen molar-refractivity contribution in [3.63, 3.8) is 0 Å². The third-order valence-corrected chi connectivity index (χ3v) is 12.9. The first-order chi connectivity index (χ1) is 25.3. The molecular formula is C48H30N2Se. The Labute approximate surface area is 300 Å². The molecule has 51 heavy (non-hydrogen) atoms. The Morgan fingerprint density at radius 1 is 0.333 bits per heavy atom. The summed E-state index contributed by atoms with van der Waals surface area (Å²) in [5, 5.41) is 7.82. The van der Waals surface area contributed by atoms with Crippen molar-refractivity contribution in [3.8, 4) is 33.6 Å². The van der Waals surface area contributed by atoms with Crippen molar-refractivity contribution in [2.45, 2.75) is 0 Å². The molecule has 0 bridgehead atoms. The summed E-state index contributed by atoms with van der Waals surface area (Å²) in [4.78, 5) is 0. The van der Waals surface area contributed by atoms with Crippen LogP contribution in [-0.2, 0) is 0 Å². The maximum atomic E-state index is 2.53. The molecule has 238 valence electrons. The average Bonchev–Trinajstić information content (AvgIpc) is 3.86. The molecule has 0 saturated carbocycles. The third kappa shape index (κ3) is 4.29. The maximum absolute atomic E-state index is 2.53. The van der Waals surface area contributed by atoms with Gasteiger partial charge in [0.15, 0.2) is 0 Å². The van der Waals surface area contributed by atoms with E-state index in [2.05, 4.69) is 191 Å². The van der Waals surface area contributed by atoms with Crippen molar-refractivity contribution in [1.29, 1.82) is 0 Å². The summed E-state index contributed by atoms with van der Waals surface area (Å²) >= 11 is 0.216. The van der Waals surface area contributed by atoms with Crippen LogP contribution in [0.4, 0.5) is 0 Å². The summed E-state index contributed by atoms with van der Waals surface area (Å²) in [6.45, 7) is 0. The van der Waals surface area contributed by atoms with Crippen molar-refractivity contribution < 1.29 is 0 Å².